The zero-order chi connectivity index (χ0) is 38.7. The predicted molar refractivity (Wildman–Crippen MR) is 204 cm³/mol. The molecule has 0 radical (unpaired) electrons. The summed E-state index contributed by atoms with van der Waals surface area (Å²) in [5, 5.41) is -0.470. The van der Waals surface area contributed by atoms with Crippen LogP contribution in [-0.2, 0) is 33.0 Å². The lowest BCUT2D eigenvalue weighted by Gasteiger charge is -2.24. The summed E-state index contributed by atoms with van der Waals surface area (Å²) >= 11 is 6.09. The molecule has 282 valence electrons. The van der Waals surface area contributed by atoms with E-state index in [0.717, 1.165) is 33.8 Å². The van der Waals surface area contributed by atoms with Crippen molar-refractivity contribution in [2.75, 3.05) is 34.4 Å². The summed E-state index contributed by atoms with van der Waals surface area (Å²) in [4.78, 5) is 3.34. The number of allylic oxidation sites excluding steroid dienone is 4. The van der Waals surface area contributed by atoms with Crippen LogP contribution < -0.4 is 14.4 Å². The molecule has 2 heterocycles. The van der Waals surface area contributed by atoms with Crippen LogP contribution in [0.25, 0.3) is 34.4 Å². The van der Waals surface area contributed by atoms with Gasteiger partial charge in [0.25, 0.3) is 26.1 Å². The smallest absolute Gasteiger partial charge is 0.326 e. The molecule has 0 saturated carbocycles. The maximum atomic E-state index is 13.9. The number of aromatic nitrogens is 2. The Hall–Kier alpha value is -4.41. The van der Waals surface area contributed by atoms with E-state index in [4.69, 9.17) is 11.6 Å². The number of alkyl halides is 3. The Morgan fingerprint density at radius 3 is 2.15 bits per heavy atom. The Labute approximate surface area is 311 Å². The molecule has 0 fully saturated rings. The Morgan fingerprint density at radius 1 is 0.906 bits per heavy atom. The maximum Gasteiger partial charge on any atom is 0.417 e. The van der Waals surface area contributed by atoms with Gasteiger partial charge in [-0.05, 0) is 67.8 Å². The molecule has 2 N–H and O–H groups in total. The fourth-order valence-electron chi connectivity index (χ4n) is 6.35. The summed E-state index contributed by atoms with van der Waals surface area (Å²) < 4.78 is 110. The third-order valence-corrected chi connectivity index (χ3v) is 10.6. The zero-order valence-electron chi connectivity index (χ0n) is 29.0. The van der Waals surface area contributed by atoms with E-state index in [-0.39, 0.29) is 31.6 Å². The van der Waals surface area contributed by atoms with E-state index < -0.39 is 48.5 Å². The predicted octanol–water partition coefficient (Wildman–Crippen LogP) is 8.07. The lowest BCUT2D eigenvalue weighted by atomic mass is 10.1. The average molecular weight is 792 g/mol. The molecule has 0 atom stereocenters. The number of nitrogens with zero attached hydrogens (tertiary/aromatic N) is 4. The van der Waals surface area contributed by atoms with Crippen LogP contribution in [0.3, 0.4) is 0 Å². The topological polar surface area (TPSA) is 124 Å². The Kier molecular flexibility index (Phi) is 11.9. The number of benzene rings is 3. The molecular weight excluding hydrogens is 753 g/mol. The molecule has 0 spiro atoms. The summed E-state index contributed by atoms with van der Waals surface area (Å²) in [6, 6.07) is 17.9. The number of imidazole rings is 1. The molecule has 4 aromatic rings. The number of hydrogen-bond donors (Lipinski definition) is 2. The van der Waals surface area contributed by atoms with Crippen LogP contribution in [0.1, 0.15) is 38.1 Å². The minimum absolute atomic E-state index is 0.00918. The van der Waals surface area contributed by atoms with Crippen LogP contribution >= 0.6 is 11.6 Å². The fourth-order valence-corrected chi connectivity index (χ4v) is 7.60. The van der Waals surface area contributed by atoms with Crippen molar-refractivity contribution in [2.45, 2.75) is 39.4 Å². The van der Waals surface area contributed by atoms with Gasteiger partial charge in [-0.3, -0.25) is 9.11 Å². The molecule has 16 heteroatoms. The van der Waals surface area contributed by atoms with E-state index in [1.54, 1.807) is 28.2 Å². The average Bonchev–Trinajstić information content (AvgIpc) is 3.54. The Balaban J connectivity index is 1.56. The van der Waals surface area contributed by atoms with Gasteiger partial charge in [0.2, 0.25) is 0 Å². The Morgan fingerprint density at radius 2 is 1.55 bits per heavy atom. The molecule has 1 aliphatic heterocycles. The highest BCUT2D eigenvalue weighted by Crippen LogP contribution is 2.47. The van der Waals surface area contributed by atoms with Gasteiger partial charge in [0.15, 0.2) is 11.0 Å². The first-order valence-electron chi connectivity index (χ1n) is 16.6. The molecule has 5 rings (SSSR count). The van der Waals surface area contributed by atoms with Crippen LogP contribution in [-0.4, -0.2) is 55.1 Å². The van der Waals surface area contributed by atoms with E-state index in [0.29, 0.717) is 23.9 Å². The monoisotopic (exact) mass is 791 g/mol. The van der Waals surface area contributed by atoms with Crippen molar-refractivity contribution >= 4 is 66.5 Å². The van der Waals surface area contributed by atoms with Crippen molar-refractivity contribution in [3.8, 4) is 11.1 Å². The molecule has 0 amide bonds. The largest absolute Gasteiger partial charge is 0.417 e. The van der Waals surface area contributed by atoms with Crippen LogP contribution in [0.15, 0.2) is 96.9 Å². The molecule has 0 unspecified atom stereocenters. The second kappa shape index (κ2) is 15.9. The van der Waals surface area contributed by atoms with Gasteiger partial charge in [0.05, 0.1) is 46.2 Å². The van der Waals surface area contributed by atoms with E-state index in [2.05, 4.69) is 6.58 Å². The van der Waals surface area contributed by atoms with Gasteiger partial charge >= 0.3 is 6.18 Å². The third kappa shape index (κ3) is 9.40. The van der Waals surface area contributed by atoms with Crippen LogP contribution in [0.2, 0.25) is 5.02 Å². The van der Waals surface area contributed by atoms with Crippen molar-refractivity contribution in [3.63, 3.8) is 0 Å². The zero-order valence-corrected chi connectivity index (χ0v) is 31.4. The molecule has 1 aromatic heterocycles. The minimum atomic E-state index is -4.72. The molecule has 10 nitrogen and oxygen atoms in total. The van der Waals surface area contributed by atoms with Gasteiger partial charge in [-0.2, -0.15) is 34.6 Å². The van der Waals surface area contributed by atoms with Gasteiger partial charge in [-0.1, -0.05) is 66.2 Å². The molecule has 0 aliphatic carbocycles. The van der Waals surface area contributed by atoms with E-state index in [9.17, 15) is 39.1 Å². The first-order chi connectivity index (χ1) is 24.9. The first-order valence-corrected chi connectivity index (χ1v) is 20.2. The van der Waals surface area contributed by atoms with Gasteiger partial charge in [0, 0.05) is 25.6 Å². The van der Waals surface area contributed by atoms with Crippen LogP contribution in [0.5, 0.6) is 0 Å². The van der Waals surface area contributed by atoms with Gasteiger partial charge in [-0.15, -0.1) is 0 Å². The number of anilines is 2. The SMILES string of the molecule is C=C[n+]1c(/C=C/C(C)=C/C=C2\N(CC)c3cc(Cl)c(C(F)(F)F)cc3N2CCCS(=O)(=O)O)n(CCCS(=O)(=O)O)c2cc(-c3ccccc3)ccc21. The number of fused-ring (bicyclic) bond motifs is 2. The van der Waals surface area contributed by atoms with Gasteiger partial charge < -0.3 is 9.80 Å². The van der Waals surface area contributed by atoms with Crippen LogP contribution in [0, 0.1) is 0 Å². The number of halogens is 4. The quantitative estimate of drug-likeness (QED) is 0.0747. The van der Waals surface area contributed by atoms with E-state index >= 15 is 0 Å². The van der Waals surface area contributed by atoms with Gasteiger partial charge in [0.1, 0.15) is 5.82 Å². The number of hydrogen-bond acceptors (Lipinski definition) is 6. The number of rotatable bonds is 14. The van der Waals surface area contributed by atoms with Crippen molar-refractivity contribution in [1.29, 1.82) is 0 Å². The minimum Gasteiger partial charge on any atom is -0.326 e. The molecule has 0 bridgehead atoms. The van der Waals surface area contributed by atoms with E-state index in [1.165, 1.54) is 6.07 Å². The van der Waals surface area contributed by atoms with Crippen molar-refractivity contribution in [3.05, 3.63) is 113 Å². The van der Waals surface area contributed by atoms with Crippen molar-refractivity contribution in [1.82, 2.24) is 4.57 Å². The highest BCUT2D eigenvalue weighted by atomic mass is 35.5. The normalized spacial score (nSPS) is 14.9. The molecular formula is C37H39ClF3N4O6S2+. The molecule has 1 aliphatic rings. The summed E-state index contributed by atoms with van der Waals surface area (Å²) in [5.74, 6) is 0.140. The summed E-state index contributed by atoms with van der Waals surface area (Å²) in [7, 11) is -8.51. The third-order valence-electron chi connectivity index (χ3n) is 8.72. The molecule has 0 saturated heterocycles. The lowest BCUT2D eigenvalue weighted by molar-refractivity contribution is -0.542. The van der Waals surface area contributed by atoms with Crippen molar-refractivity contribution in [2.24, 2.45) is 0 Å². The van der Waals surface area contributed by atoms with E-state index in [1.807, 2.05) is 83.7 Å². The second-order valence-corrected chi connectivity index (χ2v) is 15.9. The lowest BCUT2D eigenvalue weighted by Crippen LogP contribution is -2.29. The van der Waals surface area contributed by atoms with Crippen LogP contribution in [0.4, 0.5) is 24.5 Å². The fraction of sp³-hybridized carbons (Fsp3) is 0.270. The van der Waals surface area contributed by atoms with Crippen molar-refractivity contribution < 1.29 is 43.7 Å². The standard InChI is InChI=1S/C37H38ClF3N4O6S2/c1-4-42-31-16-15-28(27-11-7-6-8-12-27)23-32(31)44(19-9-21-52(46,47)48)35(42)17-13-26(3)14-18-36-43(5-2)34-25-30(38)29(37(39,40)41)24-33(34)45(36)20-10-22-53(49,50)51/h4,6-8,11-18,23-25H,1,5,9-10,19-22H2,2-3H3,(H-,46,47,48,49,50,51)/p+1. The Bertz CT molecular complexity index is 2340. The molecule has 3 aromatic carbocycles. The summed E-state index contributed by atoms with van der Waals surface area (Å²) in [6.07, 6.45) is 4.13. The molecule has 53 heavy (non-hydrogen) atoms. The van der Waals surface area contributed by atoms with Gasteiger partial charge in [-0.25, -0.2) is 4.57 Å². The second-order valence-electron chi connectivity index (χ2n) is 12.4. The highest BCUT2D eigenvalue weighted by Gasteiger charge is 2.38. The maximum absolute atomic E-state index is 13.9. The number of aryl methyl sites for hydroxylation is 1. The first kappa shape index (κ1) is 39.8. The summed E-state index contributed by atoms with van der Waals surface area (Å²) in [6.45, 7) is 8.24. The highest BCUT2D eigenvalue weighted by molar-refractivity contribution is 7.86. The summed E-state index contributed by atoms with van der Waals surface area (Å²) in [5.41, 5.74) is 3.89.